The summed E-state index contributed by atoms with van der Waals surface area (Å²) in [5.41, 5.74) is 0.990. The van der Waals surface area contributed by atoms with Crippen molar-refractivity contribution in [2.45, 2.75) is 25.4 Å². The van der Waals surface area contributed by atoms with Crippen LogP contribution in [-0.2, 0) is 28.1 Å². The molecule has 2 aromatic carbocycles. The van der Waals surface area contributed by atoms with Crippen molar-refractivity contribution < 1.29 is 18.8 Å². The fraction of sp³-hybridized carbons (Fsp3) is 0.231. The first-order valence-corrected chi connectivity index (χ1v) is 11.0. The Balaban J connectivity index is 1.51. The van der Waals surface area contributed by atoms with Gasteiger partial charge in [0.1, 0.15) is 17.9 Å². The van der Waals surface area contributed by atoms with Crippen LogP contribution in [0.3, 0.4) is 0 Å². The third-order valence-electron chi connectivity index (χ3n) is 5.95. The van der Waals surface area contributed by atoms with E-state index in [1.807, 2.05) is 36.4 Å². The number of carbonyl (C=O) groups excluding carboxylic acids is 3. The molecule has 7 nitrogen and oxygen atoms in total. The van der Waals surface area contributed by atoms with Crippen LogP contribution in [0.4, 0.5) is 9.18 Å². The van der Waals surface area contributed by atoms with Gasteiger partial charge in [-0.2, -0.15) is 0 Å². The highest BCUT2D eigenvalue weighted by Gasteiger charge is 2.49. The Hall–Kier alpha value is -4.07. The van der Waals surface area contributed by atoms with Crippen molar-refractivity contribution in [3.05, 3.63) is 102 Å². The van der Waals surface area contributed by atoms with Crippen LogP contribution in [0.2, 0.25) is 0 Å². The van der Waals surface area contributed by atoms with Gasteiger partial charge in [0.15, 0.2) is 0 Å². The van der Waals surface area contributed by atoms with Crippen molar-refractivity contribution in [3.8, 4) is 0 Å². The van der Waals surface area contributed by atoms with Gasteiger partial charge in [-0.15, -0.1) is 0 Å². The smallest absolute Gasteiger partial charge is 0.325 e. The molecule has 174 valence electrons. The molecule has 8 heteroatoms. The molecule has 1 aliphatic rings. The molecule has 1 N–H and O–H groups in total. The molecule has 0 bridgehead atoms. The summed E-state index contributed by atoms with van der Waals surface area (Å²) in [5.74, 6) is -1.35. The number of hydrogen-bond donors (Lipinski definition) is 1. The van der Waals surface area contributed by atoms with Crippen molar-refractivity contribution in [2.75, 3.05) is 13.1 Å². The van der Waals surface area contributed by atoms with Gasteiger partial charge in [-0.1, -0.05) is 48.5 Å². The van der Waals surface area contributed by atoms with E-state index in [-0.39, 0.29) is 5.91 Å². The Morgan fingerprint density at radius 1 is 1.03 bits per heavy atom. The highest BCUT2D eigenvalue weighted by atomic mass is 19.1. The van der Waals surface area contributed by atoms with Crippen molar-refractivity contribution in [1.82, 2.24) is 20.1 Å². The van der Waals surface area contributed by atoms with Gasteiger partial charge in [0.25, 0.3) is 5.91 Å². The summed E-state index contributed by atoms with van der Waals surface area (Å²) >= 11 is 0. The lowest BCUT2D eigenvalue weighted by molar-refractivity contribution is -0.139. The van der Waals surface area contributed by atoms with Crippen molar-refractivity contribution in [3.63, 3.8) is 0 Å². The number of aromatic nitrogens is 1. The molecule has 4 rings (SSSR count). The van der Waals surface area contributed by atoms with Gasteiger partial charge in [0.05, 0.1) is 0 Å². The fourth-order valence-electron chi connectivity index (χ4n) is 3.97. The first kappa shape index (κ1) is 23.1. The number of hydrogen-bond acceptors (Lipinski definition) is 4. The molecule has 1 unspecified atom stereocenters. The number of nitrogens with one attached hydrogen (secondary N) is 1. The van der Waals surface area contributed by atoms with Crippen LogP contribution in [0.1, 0.15) is 23.6 Å². The topological polar surface area (TPSA) is 82.6 Å². The summed E-state index contributed by atoms with van der Waals surface area (Å²) in [4.78, 5) is 45.8. The summed E-state index contributed by atoms with van der Waals surface area (Å²) in [5, 5.41) is 2.65. The van der Waals surface area contributed by atoms with E-state index in [1.165, 1.54) is 24.3 Å². The second-order valence-corrected chi connectivity index (χ2v) is 8.37. The minimum Gasteiger partial charge on any atom is -0.336 e. The number of rotatable bonds is 8. The summed E-state index contributed by atoms with van der Waals surface area (Å²) < 4.78 is 13.3. The van der Waals surface area contributed by atoms with E-state index < -0.39 is 29.8 Å². The van der Waals surface area contributed by atoms with E-state index in [2.05, 4.69) is 10.3 Å². The number of urea groups is 1. The van der Waals surface area contributed by atoms with Gasteiger partial charge in [0, 0.05) is 25.5 Å². The molecule has 34 heavy (non-hydrogen) atoms. The number of pyridine rings is 1. The van der Waals surface area contributed by atoms with Crippen molar-refractivity contribution in [2.24, 2.45) is 0 Å². The molecule has 4 amide bonds. The van der Waals surface area contributed by atoms with E-state index >= 15 is 0 Å². The molecule has 1 aromatic heterocycles. The number of benzene rings is 2. The van der Waals surface area contributed by atoms with Gasteiger partial charge in [-0.25, -0.2) is 9.18 Å². The fourth-order valence-corrected chi connectivity index (χ4v) is 3.97. The van der Waals surface area contributed by atoms with E-state index in [1.54, 1.807) is 30.3 Å². The van der Waals surface area contributed by atoms with Gasteiger partial charge < -0.3 is 10.2 Å². The molecule has 3 aromatic rings. The minimum absolute atomic E-state index is 0.304. The summed E-state index contributed by atoms with van der Waals surface area (Å²) in [6, 6.07) is 18.1. The lowest BCUT2D eigenvalue weighted by atomic mass is 9.92. The number of nitrogens with zero attached hydrogens (tertiary/aromatic N) is 3. The quantitative estimate of drug-likeness (QED) is 0.523. The SMILES string of the molecule is CC1(c2ccc(F)cc2)NC(=O)N(CC(=O)N(CCc2ccccc2)Cc2cccnc2)C1=O. The lowest BCUT2D eigenvalue weighted by Gasteiger charge is -2.26. The third-order valence-corrected chi connectivity index (χ3v) is 5.95. The van der Waals surface area contributed by atoms with Gasteiger partial charge in [-0.05, 0) is 48.2 Å². The molecule has 0 aliphatic carbocycles. The predicted molar refractivity (Wildman–Crippen MR) is 124 cm³/mol. The van der Waals surface area contributed by atoms with Crippen LogP contribution in [0.15, 0.2) is 79.1 Å². The Kier molecular flexibility index (Phi) is 6.67. The van der Waals surface area contributed by atoms with Gasteiger partial charge >= 0.3 is 6.03 Å². The Morgan fingerprint density at radius 3 is 2.41 bits per heavy atom. The highest BCUT2D eigenvalue weighted by Crippen LogP contribution is 2.29. The summed E-state index contributed by atoms with van der Waals surface area (Å²) in [6.45, 7) is 1.87. The lowest BCUT2D eigenvalue weighted by Crippen LogP contribution is -2.44. The van der Waals surface area contributed by atoms with Crippen LogP contribution in [0.25, 0.3) is 0 Å². The van der Waals surface area contributed by atoms with E-state index in [0.29, 0.717) is 25.1 Å². The standard InChI is InChI=1S/C26H25FN4O3/c1-26(21-9-11-22(27)12-10-21)24(33)31(25(34)29-26)18-23(32)30(17-20-8-5-14-28-16-20)15-13-19-6-3-2-4-7-19/h2-12,14,16H,13,15,17-18H2,1H3,(H,29,34). The van der Waals surface area contributed by atoms with Crippen LogP contribution >= 0.6 is 0 Å². The molecular formula is C26H25FN4O3. The molecular weight excluding hydrogens is 435 g/mol. The maximum absolute atomic E-state index is 13.3. The Bertz CT molecular complexity index is 1170. The molecule has 0 saturated carbocycles. The Morgan fingerprint density at radius 2 is 1.74 bits per heavy atom. The van der Waals surface area contributed by atoms with Crippen molar-refractivity contribution in [1.29, 1.82) is 0 Å². The summed E-state index contributed by atoms with van der Waals surface area (Å²) in [6.07, 6.45) is 3.96. The maximum Gasteiger partial charge on any atom is 0.325 e. The molecule has 0 radical (unpaired) electrons. The van der Waals surface area contributed by atoms with Crippen LogP contribution in [0, 0.1) is 5.82 Å². The van der Waals surface area contributed by atoms with E-state index in [9.17, 15) is 18.8 Å². The van der Waals surface area contributed by atoms with Crippen LogP contribution in [0.5, 0.6) is 0 Å². The first-order valence-electron chi connectivity index (χ1n) is 11.0. The maximum atomic E-state index is 13.3. The Labute approximate surface area is 197 Å². The average molecular weight is 461 g/mol. The summed E-state index contributed by atoms with van der Waals surface area (Å²) in [7, 11) is 0. The largest absolute Gasteiger partial charge is 0.336 e. The highest BCUT2D eigenvalue weighted by molar-refractivity contribution is 6.09. The number of carbonyl (C=O) groups is 3. The van der Waals surface area contributed by atoms with E-state index in [0.717, 1.165) is 16.0 Å². The first-order chi connectivity index (χ1) is 16.4. The number of imide groups is 1. The normalized spacial score (nSPS) is 17.5. The zero-order valence-electron chi connectivity index (χ0n) is 18.8. The molecule has 1 saturated heterocycles. The molecule has 0 spiro atoms. The second-order valence-electron chi connectivity index (χ2n) is 8.37. The number of halogens is 1. The second kappa shape index (κ2) is 9.82. The van der Waals surface area contributed by atoms with Gasteiger partial charge in [0.2, 0.25) is 5.91 Å². The van der Waals surface area contributed by atoms with E-state index in [4.69, 9.17) is 0 Å². The average Bonchev–Trinajstić information content (AvgIpc) is 3.07. The zero-order valence-corrected chi connectivity index (χ0v) is 18.8. The minimum atomic E-state index is -1.37. The molecule has 2 heterocycles. The molecule has 1 atom stereocenters. The van der Waals surface area contributed by atoms with Gasteiger partial charge in [-0.3, -0.25) is 19.5 Å². The van der Waals surface area contributed by atoms with Crippen molar-refractivity contribution >= 4 is 17.8 Å². The molecule has 1 aliphatic heterocycles. The number of amides is 4. The predicted octanol–water partition coefficient (Wildman–Crippen LogP) is 3.26. The van der Waals surface area contributed by atoms with Crippen LogP contribution < -0.4 is 5.32 Å². The molecule has 1 fully saturated rings. The third kappa shape index (κ3) is 4.96. The van der Waals surface area contributed by atoms with Crippen LogP contribution in [-0.4, -0.2) is 45.7 Å². The zero-order chi connectivity index (χ0) is 24.1. The monoisotopic (exact) mass is 460 g/mol.